The summed E-state index contributed by atoms with van der Waals surface area (Å²) >= 11 is 0. The van der Waals surface area contributed by atoms with E-state index in [2.05, 4.69) is 30.0 Å². The van der Waals surface area contributed by atoms with Gasteiger partial charge in [-0.15, -0.1) is 0 Å². The van der Waals surface area contributed by atoms with E-state index < -0.39 is 5.60 Å². The molecule has 1 N–H and O–H groups in total. The van der Waals surface area contributed by atoms with Crippen LogP contribution in [0.15, 0.2) is 6.20 Å². The lowest BCUT2D eigenvalue weighted by Crippen LogP contribution is -2.38. The maximum Gasteiger partial charge on any atom is 0.410 e. The van der Waals surface area contributed by atoms with Crippen molar-refractivity contribution in [2.45, 2.75) is 116 Å². The summed E-state index contributed by atoms with van der Waals surface area (Å²) in [5.74, 6) is 0.482. The molecule has 3 fully saturated rings. The van der Waals surface area contributed by atoms with Gasteiger partial charge in [0.15, 0.2) is 0 Å². The first-order chi connectivity index (χ1) is 17.5. The number of nitrogens with one attached hydrogen (secondary N) is 1. The molecule has 8 nitrogen and oxygen atoms in total. The first-order valence-electron chi connectivity index (χ1n) is 14.4. The Morgan fingerprint density at radius 1 is 1.22 bits per heavy atom. The highest BCUT2D eigenvalue weighted by Crippen LogP contribution is 2.50. The van der Waals surface area contributed by atoms with Crippen molar-refractivity contribution in [1.29, 1.82) is 0 Å². The van der Waals surface area contributed by atoms with E-state index in [1.165, 1.54) is 24.1 Å². The second-order valence-electron chi connectivity index (χ2n) is 13.3. The van der Waals surface area contributed by atoms with Gasteiger partial charge in [0.1, 0.15) is 11.8 Å². The molecule has 0 bridgehead atoms. The Labute approximate surface area is 223 Å². The predicted molar refractivity (Wildman–Crippen MR) is 145 cm³/mol. The summed E-state index contributed by atoms with van der Waals surface area (Å²) in [7, 11) is 1.78. The lowest BCUT2D eigenvalue weighted by Gasteiger charge is -2.37. The van der Waals surface area contributed by atoms with Gasteiger partial charge in [-0.1, -0.05) is 13.8 Å². The number of likely N-dealkylation sites (N-methyl/N-ethyl adjacent to an activating group) is 1. The third-order valence-corrected chi connectivity index (χ3v) is 8.04. The lowest BCUT2D eigenvalue weighted by atomic mass is 9.72. The van der Waals surface area contributed by atoms with Crippen molar-refractivity contribution in [3.63, 3.8) is 0 Å². The summed E-state index contributed by atoms with van der Waals surface area (Å²) in [6.45, 7) is 14.2. The van der Waals surface area contributed by atoms with Crippen molar-refractivity contribution in [3.05, 3.63) is 17.5 Å². The van der Waals surface area contributed by atoms with Crippen molar-refractivity contribution in [1.82, 2.24) is 20.0 Å². The van der Waals surface area contributed by atoms with Crippen molar-refractivity contribution >= 4 is 6.09 Å². The number of hydrogen-bond donors (Lipinski definition) is 1. The zero-order chi connectivity index (χ0) is 26.7. The number of amides is 1. The number of ether oxygens (including phenoxy) is 3. The van der Waals surface area contributed by atoms with E-state index in [4.69, 9.17) is 19.3 Å². The van der Waals surface area contributed by atoms with Gasteiger partial charge >= 0.3 is 6.09 Å². The highest BCUT2D eigenvalue weighted by molar-refractivity contribution is 5.67. The minimum Gasteiger partial charge on any atom is -0.444 e. The summed E-state index contributed by atoms with van der Waals surface area (Å²) in [5.41, 5.74) is 2.48. The van der Waals surface area contributed by atoms with Crippen molar-refractivity contribution in [2.24, 2.45) is 5.41 Å². The molecule has 0 radical (unpaired) electrons. The van der Waals surface area contributed by atoms with E-state index in [0.717, 1.165) is 71.2 Å². The van der Waals surface area contributed by atoms with E-state index in [0.29, 0.717) is 17.9 Å². The number of rotatable bonds is 8. The minimum absolute atomic E-state index is 0.0607. The summed E-state index contributed by atoms with van der Waals surface area (Å²) < 4.78 is 20.0. The van der Waals surface area contributed by atoms with Gasteiger partial charge in [0.05, 0.1) is 17.9 Å². The van der Waals surface area contributed by atoms with Gasteiger partial charge in [0, 0.05) is 38.9 Å². The fraction of sp³-hybridized carbons (Fsp3) is 0.862. The summed E-state index contributed by atoms with van der Waals surface area (Å²) in [6, 6.07) is 0. The summed E-state index contributed by atoms with van der Waals surface area (Å²) in [5, 5.41) is 8.65. The molecule has 1 unspecified atom stereocenters. The monoisotopic (exact) mass is 518 g/mol. The molecular weight excluding hydrogens is 468 g/mol. The maximum absolute atomic E-state index is 12.2. The fourth-order valence-electron chi connectivity index (χ4n) is 6.15. The van der Waals surface area contributed by atoms with Crippen LogP contribution in [-0.4, -0.2) is 71.9 Å². The molecule has 3 heterocycles. The average Bonchev–Trinajstić information content (AvgIpc) is 3.39. The highest BCUT2D eigenvalue weighted by atomic mass is 16.6. The Morgan fingerprint density at radius 3 is 2.59 bits per heavy atom. The maximum atomic E-state index is 12.2. The second-order valence-corrected chi connectivity index (χ2v) is 13.3. The highest BCUT2D eigenvalue weighted by Gasteiger charge is 2.46. The van der Waals surface area contributed by atoms with E-state index in [1.54, 1.807) is 11.9 Å². The molecule has 1 aromatic heterocycles. The molecule has 210 valence electrons. The summed E-state index contributed by atoms with van der Waals surface area (Å²) in [6.07, 6.45) is 12.0. The van der Waals surface area contributed by atoms with Crippen molar-refractivity contribution in [2.75, 3.05) is 39.9 Å². The number of aromatic nitrogens is 2. The fourth-order valence-corrected chi connectivity index (χ4v) is 6.15. The molecule has 2 saturated heterocycles. The van der Waals surface area contributed by atoms with E-state index in [1.807, 2.05) is 20.8 Å². The van der Waals surface area contributed by atoms with E-state index >= 15 is 0 Å². The van der Waals surface area contributed by atoms with Gasteiger partial charge in [-0.05, 0) is 96.1 Å². The SMILES string of the molecule is CN(CCNCCc1cn(C2CCCCO2)nc1C1CCC2(CC1)CC(C)(C)CO2)C(=O)OC(C)(C)C. The predicted octanol–water partition coefficient (Wildman–Crippen LogP) is 5.42. The average molecular weight is 519 g/mol. The van der Waals surface area contributed by atoms with Crippen LogP contribution >= 0.6 is 0 Å². The van der Waals surface area contributed by atoms with Crippen molar-refractivity contribution in [3.8, 4) is 0 Å². The molecule has 1 spiro atoms. The standard InChI is InChI=1S/C29H50N4O4/c1-27(2,3)37-26(34)32(6)17-16-30-15-12-23-19-33(24-9-7-8-18-35-24)31-25(23)22-10-13-29(14-11-22)20-28(4,5)21-36-29/h19,22,24,30H,7-18,20-21H2,1-6H3. The number of carbonyl (C=O) groups excluding carboxylic acids is 1. The van der Waals surface area contributed by atoms with Gasteiger partial charge in [-0.2, -0.15) is 5.10 Å². The van der Waals surface area contributed by atoms with Gasteiger partial charge < -0.3 is 24.4 Å². The number of carbonyl (C=O) groups is 1. The van der Waals surface area contributed by atoms with Gasteiger partial charge in [0.2, 0.25) is 0 Å². The zero-order valence-corrected chi connectivity index (χ0v) is 24.1. The molecule has 1 aliphatic carbocycles. The smallest absolute Gasteiger partial charge is 0.410 e. The van der Waals surface area contributed by atoms with Gasteiger partial charge in [-0.3, -0.25) is 0 Å². The van der Waals surface area contributed by atoms with Crippen LogP contribution in [0.5, 0.6) is 0 Å². The third kappa shape index (κ3) is 7.70. The number of hydrogen-bond acceptors (Lipinski definition) is 6. The molecule has 1 amide bonds. The zero-order valence-electron chi connectivity index (χ0n) is 24.1. The Morgan fingerprint density at radius 2 is 1.97 bits per heavy atom. The minimum atomic E-state index is -0.476. The van der Waals surface area contributed by atoms with Crippen LogP contribution in [0.25, 0.3) is 0 Å². The first-order valence-corrected chi connectivity index (χ1v) is 14.4. The van der Waals surface area contributed by atoms with E-state index in [-0.39, 0.29) is 17.9 Å². The molecule has 1 atom stereocenters. The number of nitrogens with zero attached hydrogens (tertiary/aromatic N) is 3. The molecule has 1 saturated carbocycles. The molecule has 0 aromatic carbocycles. The molecule has 4 rings (SSSR count). The Balaban J connectivity index is 1.33. The first kappa shape index (κ1) is 28.4. The van der Waals surface area contributed by atoms with Crippen LogP contribution < -0.4 is 5.32 Å². The third-order valence-electron chi connectivity index (χ3n) is 8.04. The molecule has 1 aromatic rings. The Bertz CT molecular complexity index is 892. The Hall–Kier alpha value is -1.64. The van der Waals surface area contributed by atoms with Gasteiger partial charge in [-0.25, -0.2) is 9.48 Å². The molecule has 2 aliphatic heterocycles. The molecule has 8 heteroatoms. The van der Waals surface area contributed by atoms with Crippen molar-refractivity contribution < 1.29 is 19.0 Å². The van der Waals surface area contributed by atoms with Crippen LogP contribution in [0.4, 0.5) is 4.79 Å². The van der Waals surface area contributed by atoms with Gasteiger partial charge in [0.25, 0.3) is 0 Å². The molecule has 37 heavy (non-hydrogen) atoms. The lowest BCUT2D eigenvalue weighted by molar-refractivity contribution is -0.0405. The topological polar surface area (TPSA) is 77.9 Å². The second kappa shape index (κ2) is 11.6. The Kier molecular flexibility index (Phi) is 8.91. The van der Waals surface area contributed by atoms with E-state index in [9.17, 15) is 4.79 Å². The van der Waals surface area contributed by atoms with Crippen LogP contribution in [0.1, 0.15) is 109 Å². The van der Waals surface area contributed by atoms with Crippen LogP contribution in [-0.2, 0) is 20.6 Å². The van der Waals surface area contributed by atoms with Crippen LogP contribution in [0, 0.1) is 5.41 Å². The quantitative estimate of drug-likeness (QED) is 0.463. The molecular formula is C29H50N4O4. The van der Waals surface area contributed by atoms with Crippen LogP contribution in [0.3, 0.4) is 0 Å². The van der Waals surface area contributed by atoms with Crippen LogP contribution in [0.2, 0.25) is 0 Å². The molecule has 3 aliphatic rings. The summed E-state index contributed by atoms with van der Waals surface area (Å²) in [4.78, 5) is 13.8. The largest absolute Gasteiger partial charge is 0.444 e. The normalized spacial score (nSPS) is 27.9.